The monoisotopic (exact) mass is 206 g/mol. The van der Waals surface area contributed by atoms with Gasteiger partial charge in [0.05, 0.1) is 0 Å². The molecule has 82 valence electrons. The van der Waals surface area contributed by atoms with Crippen molar-refractivity contribution in [3.05, 3.63) is 34.9 Å². The molecule has 0 heterocycles. The van der Waals surface area contributed by atoms with Crippen molar-refractivity contribution in [3.63, 3.8) is 0 Å². The maximum absolute atomic E-state index is 10.3. The van der Waals surface area contributed by atoms with Crippen LogP contribution in [-0.2, 0) is 6.54 Å². The van der Waals surface area contributed by atoms with E-state index in [-0.39, 0.29) is 0 Å². The van der Waals surface area contributed by atoms with Crippen LogP contribution in [0.4, 0.5) is 4.79 Å². The summed E-state index contributed by atoms with van der Waals surface area (Å²) in [4.78, 5) is 10.3. The molecule has 1 N–H and O–H groups in total. The molecule has 1 aromatic carbocycles. The lowest BCUT2D eigenvalue weighted by atomic mass is 9.98. The van der Waals surface area contributed by atoms with Crippen LogP contribution in [0.5, 0.6) is 0 Å². The number of hydrogen-bond donors (Lipinski definition) is 1. The van der Waals surface area contributed by atoms with Gasteiger partial charge in [-0.3, -0.25) is 0 Å². The summed E-state index contributed by atoms with van der Waals surface area (Å²) in [6, 6.07) is 6.11. The first-order chi connectivity index (χ1) is 6.99. The van der Waals surface area contributed by atoms with Gasteiger partial charge in [0.1, 0.15) is 6.09 Å². The highest BCUT2D eigenvalue weighted by molar-refractivity contribution is 5.61. The van der Waals surface area contributed by atoms with Gasteiger partial charge in [0.25, 0.3) is 0 Å². The van der Waals surface area contributed by atoms with Gasteiger partial charge in [0.15, 0.2) is 0 Å². The molecule has 0 radical (unpaired) electrons. The Hall–Kier alpha value is -1.51. The maximum Gasteiger partial charge on any atom is 0.134 e. The lowest BCUT2D eigenvalue weighted by Crippen LogP contribution is -2.35. The van der Waals surface area contributed by atoms with Gasteiger partial charge in [-0.15, -0.1) is 0 Å². The number of aryl methyl sites for hydroxylation is 1. The average Bonchev–Trinajstić information content (AvgIpc) is 2.13. The van der Waals surface area contributed by atoms with Crippen LogP contribution >= 0.6 is 0 Å². The quantitative estimate of drug-likeness (QED) is 0.815. The van der Waals surface area contributed by atoms with Crippen molar-refractivity contribution < 1.29 is 9.90 Å². The molecule has 1 rings (SSSR count). The molecule has 1 amide bonds. The second-order valence-electron chi connectivity index (χ2n) is 4.05. The van der Waals surface area contributed by atoms with Crippen molar-refractivity contribution in [1.29, 1.82) is 0 Å². The van der Waals surface area contributed by atoms with E-state index in [2.05, 4.69) is 25.2 Å². The second-order valence-corrected chi connectivity index (χ2v) is 4.05. The number of benzene rings is 1. The number of carbonyl (C=O) groups excluding carboxylic acids is 1. The standard InChI is InChI=1S/C12H17NO2/c1-8(2)11-5-9(3)4-10(6-11)7-13-12(14)15/h4-6,8,13H,7H2,1-3H3,(H,14,15)/p-1. The molecular formula is C12H16NO2-. The molecule has 15 heavy (non-hydrogen) atoms. The van der Waals surface area contributed by atoms with Gasteiger partial charge in [-0.2, -0.15) is 0 Å². The largest absolute Gasteiger partial charge is 0.530 e. The minimum absolute atomic E-state index is 0.309. The van der Waals surface area contributed by atoms with Gasteiger partial charge in [-0.25, -0.2) is 0 Å². The van der Waals surface area contributed by atoms with Gasteiger partial charge in [-0.1, -0.05) is 37.6 Å². The molecule has 0 aliphatic heterocycles. The van der Waals surface area contributed by atoms with E-state index < -0.39 is 6.09 Å². The van der Waals surface area contributed by atoms with Crippen LogP contribution in [0.2, 0.25) is 0 Å². The molecule has 0 aliphatic carbocycles. The van der Waals surface area contributed by atoms with E-state index in [1.807, 2.05) is 19.1 Å². The van der Waals surface area contributed by atoms with Gasteiger partial charge >= 0.3 is 0 Å². The fourth-order valence-corrected chi connectivity index (χ4v) is 1.50. The Morgan fingerprint density at radius 3 is 2.60 bits per heavy atom. The Balaban J connectivity index is 2.84. The maximum atomic E-state index is 10.3. The van der Waals surface area contributed by atoms with Gasteiger partial charge < -0.3 is 15.2 Å². The van der Waals surface area contributed by atoms with Crippen LogP contribution in [0.15, 0.2) is 18.2 Å². The van der Waals surface area contributed by atoms with Crippen molar-refractivity contribution in [2.45, 2.75) is 33.2 Å². The lowest BCUT2D eigenvalue weighted by molar-refractivity contribution is -0.251. The smallest absolute Gasteiger partial charge is 0.134 e. The summed E-state index contributed by atoms with van der Waals surface area (Å²) < 4.78 is 0. The summed E-state index contributed by atoms with van der Waals surface area (Å²) in [5.74, 6) is 0.451. The third-order valence-electron chi connectivity index (χ3n) is 2.26. The number of carboxylic acid groups (broad SMARTS) is 1. The van der Waals surface area contributed by atoms with Crippen LogP contribution in [0.25, 0.3) is 0 Å². The highest BCUT2D eigenvalue weighted by Gasteiger charge is 2.02. The molecule has 0 aliphatic rings. The summed E-state index contributed by atoms with van der Waals surface area (Å²) in [7, 11) is 0. The predicted octanol–water partition coefficient (Wildman–Crippen LogP) is 1.55. The molecule has 0 unspecified atom stereocenters. The van der Waals surface area contributed by atoms with Crippen molar-refractivity contribution in [2.24, 2.45) is 0 Å². The van der Waals surface area contributed by atoms with E-state index >= 15 is 0 Å². The Kier molecular flexibility index (Phi) is 3.72. The minimum atomic E-state index is -1.23. The first-order valence-corrected chi connectivity index (χ1v) is 5.04. The van der Waals surface area contributed by atoms with Crippen molar-refractivity contribution >= 4 is 6.09 Å². The molecular weight excluding hydrogens is 190 g/mol. The average molecular weight is 206 g/mol. The van der Waals surface area contributed by atoms with E-state index in [0.29, 0.717) is 12.5 Å². The fraction of sp³-hybridized carbons (Fsp3) is 0.417. The molecule has 0 atom stereocenters. The molecule has 0 fully saturated rings. The highest BCUT2D eigenvalue weighted by Crippen LogP contribution is 2.18. The van der Waals surface area contributed by atoms with Gasteiger partial charge in [0.2, 0.25) is 0 Å². The molecule has 0 saturated heterocycles. The Bertz CT molecular complexity index is 359. The normalized spacial score (nSPS) is 10.4. The van der Waals surface area contributed by atoms with Gasteiger partial charge in [-0.05, 0) is 24.0 Å². The Labute approximate surface area is 90.1 Å². The number of carbonyl (C=O) groups is 1. The van der Waals surface area contributed by atoms with E-state index in [4.69, 9.17) is 0 Å². The molecule has 3 heteroatoms. The van der Waals surface area contributed by atoms with E-state index in [1.54, 1.807) is 0 Å². The zero-order chi connectivity index (χ0) is 11.4. The lowest BCUT2D eigenvalue weighted by Gasteiger charge is -2.11. The number of hydrogen-bond acceptors (Lipinski definition) is 2. The van der Waals surface area contributed by atoms with E-state index in [0.717, 1.165) is 11.1 Å². The first kappa shape index (κ1) is 11.6. The third-order valence-corrected chi connectivity index (χ3v) is 2.26. The SMILES string of the molecule is Cc1cc(CNC(=O)[O-])cc(C(C)C)c1. The number of nitrogens with one attached hydrogen (secondary N) is 1. The molecule has 3 nitrogen and oxygen atoms in total. The van der Waals surface area contributed by atoms with Gasteiger partial charge in [0, 0.05) is 6.54 Å². The first-order valence-electron chi connectivity index (χ1n) is 5.04. The predicted molar refractivity (Wildman–Crippen MR) is 57.5 cm³/mol. The number of amides is 1. The third kappa shape index (κ3) is 3.62. The van der Waals surface area contributed by atoms with Crippen LogP contribution < -0.4 is 10.4 Å². The minimum Gasteiger partial charge on any atom is -0.530 e. The summed E-state index contributed by atoms with van der Waals surface area (Å²) in [6.45, 7) is 6.55. The molecule has 0 spiro atoms. The van der Waals surface area contributed by atoms with Crippen LogP contribution in [0.1, 0.15) is 36.5 Å². The van der Waals surface area contributed by atoms with Crippen LogP contribution in [0, 0.1) is 6.92 Å². The van der Waals surface area contributed by atoms with Crippen LogP contribution in [-0.4, -0.2) is 6.09 Å². The summed E-state index contributed by atoms with van der Waals surface area (Å²) >= 11 is 0. The number of rotatable bonds is 3. The Morgan fingerprint density at radius 1 is 1.40 bits per heavy atom. The topological polar surface area (TPSA) is 52.2 Å². The van der Waals surface area contributed by atoms with Crippen molar-refractivity contribution in [3.8, 4) is 0 Å². The van der Waals surface area contributed by atoms with E-state index in [1.165, 1.54) is 5.56 Å². The zero-order valence-corrected chi connectivity index (χ0v) is 9.33. The summed E-state index contributed by atoms with van der Waals surface area (Å²) in [5.41, 5.74) is 3.35. The molecule has 0 aromatic heterocycles. The molecule has 1 aromatic rings. The highest BCUT2D eigenvalue weighted by atomic mass is 16.4. The van der Waals surface area contributed by atoms with E-state index in [9.17, 15) is 9.90 Å². The van der Waals surface area contributed by atoms with Crippen molar-refractivity contribution in [1.82, 2.24) is 5.32 Å². The zero-order valence-electron chi connectivity index (χ0n) is 9.33. The summed E-state index contributed by atoms with van der Waals surface area (Å²) in [6.07, 6.45) is -1.23. The van der Waals surface area contributed by atoms with Crippen LogP contribution in [0.3, 0.4) is 0 Å². The molecule has 0 saturated carbocycles. The van der Waals surface area contributed by atoms with Crippen molar-refractivity contribution in [2.75, 3.05) is 0 Å². The molecule has 0 bridgehead atoms. The Morgan fingerprint density at radius 2 is 2.07 bits per heavy atom. The second kappa shape index (κ2) is 4.82. The fourth-order valence-electron chi connectivity index (χ4n) is 1.50. The summed E-state index contributed by atoms with van der Waals surface area (Å²) in [5, 5.41) is 12.5.